The molecular formula is C7H10N2. The third-order valence-electron chi connectivity index (χ3n) is 0.909. The molecule has 2 nitrogen and oxygen atoms in total. The summed E-state index contributed by atoms with van der Waals surface area (Å²) in [5.74, 6) is 0. The van der Waals surface area contributed by atoms with Gasteiger partial charge in [0.25, 0.3) is 0 Å². The van der Waals surface area contributed by atoms with Crippen LogP contribution in [0.2, 0.25) is 0 Å². The van der Waals surface area contributed by atoms with Crippen molar-refractivity contribution < 1.29 is 6.85 Å². The van der Waals surface area contributed by atoms with Crippen molar-refractivity contribution in [2.45, 2.75) is 20.1 Å². The summed E-state index contributed by atoms with van der Waals surface area (Å²) >= 11 is 0. The van der Waals surface area contributed by atoms with Crippen molar-refractivity contribution in [3.63, 3.8) is 0 Å². The number of aryl methyl sites for hydroxylation is 2. The Morgan fingerprint density at radius 2 is 2.56 bits per heavy atom. The Balaban J connectivity index is 3.10. The lowest BCUT2D eigenvalue weighted by atomic mass is 10.3. The molecule has 9 heavy (non-hydrogen) atoms. The van der Waals surface area contributed by atoms with Gasteiger partial charge in [-0.3, -0.25) is 9.97 Å². The van der Waals surface area contributed by atoms with E-state index in [9.17, 15) is 0 Å². The van der Waals surface area contributed by atoms with Gasteiger partial charge in [0.2, 0.25) is 0 Å². The molecule has 1 aromatic rings. The third kappa shape index (κ3) is 1.49. The summed E-state index contributed by atoms with van der Waals surface area (Å²) in [5.41, 5.74) is 0.457. The highest BCUT2D eigenvalue weighted by Gasteiger charge is 1.87. The van der Waals surface area contributed by atoms with E-state index in [0.29, 0.717) is 5.69 Å². The van der Waals surface area contributed by atoms with Crippen LogP contribution in [0.25, 0.3) is 0 Å². The molecule has 0 aliphatic rings. The Bertz CT molecular complexity index is 316. The van der Waals surface area contributed by atoms with Gasteiger partial charge in [-0.05, 0) is 13.3 Å². The van der Waals surface area contributed by atoms with Gasteiger partial charge in [0, 0.05) is 19.2 Å². The van der Waals surface area contributed by atoms with Crippen LogP contribution in [0.5, 0.6) is 0 Å². The van der Waals surface area contributed by atoms with E-state index in [2.05, 4.69) is 9.97 Å². The normalized spacial score (nSPS) is 20.8. The summed E-state index contributed by atoms with van der Waals surface area (Å²) in [4.78, 5) is 7.53. The van der Waals surface area contributed by atoms with E-state index in [1.54, 1.807) is 6.92 Å². The molecule has 0 aliphatic carbocycles. The van der Waals surface area contributed by atoms with E-state index in [1.807, 2.05) is 0 Å². The largest absolute Gasteiger partial charge is 0.258 e. The summed E-state index contributed by atoms with van der Waals surface area (Å²) in [7, 11) is 0. The quantitative estimate of drug-likeness (QED) is 0.569. The first-order valence-corrected chi connectivity index (χ1v) is 2.54. The Kier molecular flexibility index (Phi) is 0.678. The molecule has 0 amide bonds. The van der Waals surface area contributed by atoms with Crippen LogP contribution in [0.4, 0.5) is 0 Å². The van der Waals surface area contributed by atoms with Gasteiger partial charge in [0.05, 0.1) is 11.4 Å². The molecule has 2 heteroatoms. The second-order valence-corrected chi connectivity index (χ2v) is 1.67. The van der Waals surface area contributed by atoms with Gasteiger partial charge in [-0.15, -0.1) is 0 Å². The summed E-state index contributed by atoms with van der Waals surface area (Å²) in [6.07, 6.45) is 0.0499. The molecule has 0 atom stereocenters. The molecule has 0 aromatic carbocycles. The summed E-state index contributed by atoms with van der Waals surface area (Å²) in [6.45, 7) is -1.03. The van der Waals surface area contributed by atoms with Crippen LogP contribution in [0.15, 0.2) is 12.4 Å². The van der Waals surface area contributed by atoms with Crippen molar-refractivity contribution in [1.82, 2.24) is 9.97 Å². The van der Waals surface area contributed by atoms with Crippen LogP contribution in [-0.2, 0) is 6.37 Å². The molecule has 1 rings (SSSR count). The minimum atomic E-state index is -2.73. The molecule has 1 heterocycles. The summed E-state index contributed by atoms with van der Waals surface area (Å²) in [6, 6.07) is 0. The fourth-order valence-corrected chi connectivity index (χ4v) is 0.457. The van der Waals surface area contributed by atoms with Gasteiger partial charge in [-0.1, -0.05) is 6.85 Å². The van der Waals surface area contributed by atoms with Crippen molar-refractivity contribution in [2.75, 3.05) is 0 Å². The lowest BCUT2D eigenvalue weighted by Gasteiger charge is -1.92. The van der Waals surface area contributed by atoms with Gasteiger partial charge in [-0.25, -0.2) is 0 Å². The second kappa shape index (κ2) is 2.58. The zero-order chi connectivity index (χ0) is 11.0. The predicted molar refractivity (Wildman–Crippen MR) is 36.1 cm³/mol. The monoisotopic (exact) mass is 127 g/mol. The topological polar surface area (TPSA) is 25.8 Å². The first-order chi connectivity index (χ1) is 6.25. The lowest BCUT2D eigenvalue weighted by Crippen LogP contribution is -1.89. The zero-order valence-electron chi connectivity index (χ0n) is 10.0. The highest BCUT2D eigenvalue weighted by molar-refractivity contribution is 4.99. The maximum Gasteiger partial charge on any atom is 0.0584 e. The van der Waals surface area contributed by atoms with E-state index in [4.69, 9.17) is 6.85 Å². The number of aromatic nitrogens is 2. The minimum Gasteiger partial charge on any atom is -0.258 e. The summed E-state index contributed by atoms with van der Waals surface area (Å²) < 4.78 is 35.8. The third-order valence-corrected chi connectivity index (χ3v) is 0.909. The molecule has 0 radical (unpaired) electrons. The first-order valence-electron chi connectivity index (χ1n) is 5.04. The Morgan fingerprint density at radius 3 is 3.11 bits per heavy atom. The molecule has 0 fully saturated rings. The van der Waals surface area contributed by atoms with Crippen LogP contribution in [-0.4, -0.2) is 9.97 Å². The van der Waals surface area contributed by atoms with Crippen LogP contribution in [0.3, 0.4) is 0 Å². The van der Waals surface area contributed by atoms with Gasteiger partial charge in [0.1, 0.15) is 0 Å². The van der Waals surface area contributed by atoms with Crippen LogP contribution in [0.1, 0.15) is 25.1 Å². The van der Waals surface area contributed by atoms with E-state index < -0.39 is 13.2 Å². The van der Waals surface area contributed by atoms with Crippen molar-refractivity contribution in [3.8, 4) is 0 Å². The van der Waals surface area contributed by atoms with Gasteiger partial charge in [-0.2, -0.15) is 0 Å². The van der Waals surface area contributed by atoms with E-state index >= 15 is 0 Å². The molecule has 0 N–H and O–H groups in total. The number of rotatable bonds is 1. The van der Waals surface area contributed by atoms with E-state index in [0.717, 1.165) is 6.20 Å². The molecule has 48 valence electrons. The van der Waals surface area contributed by atoms with Crippen LogP contribution in [0, 0.1) is 6.92 Å². The Hall–Kier alpha value is -0.920. The fourth-order valence-electron chi connectivity index (χ4n) is 0.457. The van der Waals surface area contributed by atoms with Crippen LogP contribution < -0.4 is 0 Å². The number of hydrogen-bond donors (Lipinski definition) is 0. The van der Waals surface area contributed by atoms with Gasteiger partial charge in [0.15, 0.2) is 0 Å². The maximum absolute atomic E-state index is 7.39. The molecule has 0 saturated heterocycles. The zero-order valence-corrected chi connectivity index (χ0v) is 5.05. The first kappa shape index (κ1) is 2.37. The van der Waals surface area contributed by atoms with Crippen molar-refractivity contribution in [1.29, 1.82) is 0 Å². The van der Waals surface area contributed by atoms with Gasteiger partial charge < -0.3 is 0 Å². The smallest absolute Gasteiger partial charge is 0.0584 e. The summed E-state index contributed by atoms with van der Waals surface area (Å²) in [5, 5.41) is 0. The highest BCUT2D eigenvalue weighted by atomic mass is 14.8. The van der Waals surface area contributed by atoms with Crippen molar-refractivity contribution >= 4 is 0 Å². The molecule has 1 aromatic heterocycles. The molecule has 0 spiro atoms. The maximum atomic E-state index is 7.39. The SMILES string of the molecule is [2H]C([2H])([2H])C([2H])([2H])c1cnc(C)cn1. The highest BCUT2D eigenvalue weighted by Crippen LogP contribution is 1.92. The standard InChI is InChI=1S/C7H10N2/c1-3-7-5-8-6(2)4-9-7/h4-5H,3H2,1-2H3/i1D3,3D2. The number of nitrogens with zero attached hydrogens (tertiary/aromatic N) is 2. The predicted octanol–water partition coefficient (Wildman–Crippen LogP) is 1.35. The number of hydrogen-bond acceptors (Lipinski definition) is 2. The molecule has 0 unspecified atom stereocenters. The fraction of sp³-hybridized carbons (Fsp3) is 0.429. The average Bonchev–Trinajstić information content (AvgIpc) is 2.03. The molecule has 0 saturated carbocycles. The lowest BCUT2D eigenvalue weighted by molar-refractivity contribution is 0.977. The van der Waals surface area contributed by atoms with E-state index in [1.165, 1.54) is 6.20 Å². The van der Waals surface area contributed by atoms with Gasteiger partial charge >= 0.3 is 0 Å². The molecule has 0 aliphatic heterocycles. The van der Waals surface area contributed by atoms with E-state index in [-0.39, 0.29) is 5.69 Å². The van der Waals surface area contributed by atoms with Crippen LogP contribution >= 0.6 is 0 Å². The second-order valence-electron chi connectivity index (χ2n) is 1.67. The Labute approximate surface area is 62.0 Å². The molecule has 0 bridgehead atoms. The van der Waals surface area contributed by atoms with Crippen molar-refractivity contribution in [2.24, 2.45) is 0 Å². The van der Waals surface area contributed by atoms with Crippen molar-refractivity contribution in [3.05, 3.63) is 23.8 Å². The average molecular weight is 127 g/mol. The molecular weight excluding hydrogens is 112 g/mol. The Morgan fingerprint density at radius 1 is 1.67 bits per heavy atom. The minimum absolute atomic E-state index is 0.164.